The molecule has 0 radical (unpaired) electrons. The van der Waals surface area contributed by atoms with Crippen molar-refractivity contribution in [3.63, 3.8) is 0 Å². The number of rotatable bonds is 5. The van der Waals surface area contributed by atoms with Crippen LogP contribution in [0.5, 0.6) is 11.5 Å². The summed E-state index contributed by atoms with van der Waals surface area (Å²) in [5.41, 5.74) is 0.560. The monoisotopic (exact) mass is 303 g/mol. The van der Waals surface area contributed by atoms with Crippen LogP contribution in [-0.2, 0) is 4.74 Å². The zero-order chi connectivity index (χ0) is 15.9. The number of piperidine rings is 1. The van der Waals surface area contributed by atoms with E-state index in [0.29, 0.717) is 23.6 Å². The van der Waals surface area contributed by atoms with Gasteiger partial charge in [0, 0.05) is 25.8 Å². The Morgan fingerprint density at radius 2 is 2.23 bits per heavy atom. The minimum Gasteiger partial charge on any atom is -0.493 e. The predicted molar refractivity (Wildman–Crippen MR) is 83.3 cm³/mol. The molecule has 0 aliphatic carbocycles. The molecule has 1 aromatic carbocycles. The molecular weight excluding hydrogens is 282 g/mol. The number of methoxy groups -OCH3 is 2. The van der Waals surface area contributed by atoms with Gasteiger partial charge in [-0.25, -0.2) is 0 Å². The number of hydrogen-bond donors (Lipinski definition) is 0. The lowest BCUT2D eigenvalue weighted by molar-refractivity contribution is 0.0268. The third kappa shape index (κ3) is 3.71. The Kier molecular flexibility index (Phi) is 5.68. The van der Waals surface area contributed by atoms with Gasteiger partial charge in [-0.15, -0.1) is 6.42 Å². The minimum absolute atomic E-state index is 0.0324. The predicted octanol–water partition coefficient (Wildman–Crippen LogP) is 1.96. The smallest absolute Gasteiger partial charge is 0.254 e. The average Bonchev–Trinajstić information content (AvgIpc) is 2.59. The van der Waals surface area contributed by atoms with Gasteiger partial charge in [0.25, 0.3) is 5.91 Å². The van der Waals surface area contributed by atoms with Crippen LogP contribution in [0, 0.1) is 12.3 Å². The van der Waals surface area contributed by atoms with E-state index in [1.165, 1.54) is 0 Å². The molecule has 1 amide bonds. The third-order valence-electron chi connectivity index (χ3n) is 3.72. The molecule has 0 spiro atoms. The minimum atomic E-state index is -0.0324. The van der Waals surface area contributed by atoms with Gasteiger partial charge in [0.2, 0.25) is 0 Å². The summed E-state index contributed by atoms with van der Waals surface area (Å²) >= 11 is 0. The van der Waals surface area contributed by atoms with Crippen LogP contribution in [0.4, 0.5) is 0 Å². The molecule has 1 aliphatic rings. The lowest BCUT2D eigenvalue weighted by Crippen LogP contribution is -2.42. The molecule has 1 aromatic rings. The first-order valence-electron chi connectivity index (χ1n) is 7.26. The van der Waals surface area contributed by atoms with E-state index in [9.17, 15) is 4.79 Å². The Hall–Kier alpha value is -2.19. The van der Waals surface area contributed by atoms with E-state index in [-0.39, 0.29) is 18.6 Å². The molecule has 118 valence electrons. The Balaban J connectivity index is 2.17. The molecule has 1 aliphatic heterocycles. The summed E-state index contributed by atoms with van der Waals surface area (Å²) in [5.74, 6) is 3.40. The highest BCUT2D eigenvalue weighted by Gasteiger charge is 2.25. The average molecular weight is 303 g/mol. The first kappa shape index (κ1) is 16.2. The van der Waals surface area contributed by atoms with Gasteiger partial charge in [0.15, 0.2) is 11.5 Å². The molecule has 0 aromatic heterocycles. The lowest BCUT2D eigenvalue weighted by atomic mass is 10.1. The molecule has 1 saturated heterocycles. The maximum Gasteiger partial charge on any atom is 0.254 e. The normalized spacial score (nSPS) is 17.7. The lowest BCUT2D eigenvalue weighted by Gasteiger charge is -2.32. The number of carbonyl (C=O) groups is 1. The van der Waals surface area contributed by atoms with Crippen LogP contribution in [0.2, 0.25) is 0 Å². The fraction of sp³-hybridized carbons (Fsp3) is 0.471. The molecule has 0 saturated carbocycles. The zero-order valence-corrected chi connectivity index (χ0v) is 13.0. The maximum atomic E-state index is 12.6. The quantitative estimate of drug-likeness (QED) is 0.780. The van der Waals surface area contributed by atoms with Crippen molar-refractivity contribution in [1.29, 1.82) is 0 Å². The molecule has 5 nitrogen and oxygen atoms in total. The van der Waals surface area contributed by atoms with E-state index < -0.39 is 0 Å². The van der Waals surface area contributed by atoms with Crippen LogP contribution in [-0.4, -0.2) is 50.8 Å². The van der Waals surface area contributed by atoms with Crippen LogP contribution in [0.1, 0.15) is 23.2 Å². The molecule has 1 unspecified atom stereocenters. The summed E-state index contributed by atoms with van der Waals surface area (Å²) in [6, 6.07) is 5.13. The summed E-state index contributed by atoms with van der Waals surface area (Å²) in [5, 5.41) is 0. The second kappa shape index (κ2) is 7.71. The second-order valence-corrected chi connectivity index (χ2v) is 5.11. The van der Waals surface area contributed by atoms with E-state index in [2.05, 4.69) is 5.92 Å². The molecular formula is C17H21NO4. The highest BCUT2D eigenvalue weighted by Crippen LogP contribution is 2.29. The summed E-state index contributed by atoms with van der Waals surface area (Å²) < 4.78 is 16.0. The van der Waals surface area contributed by atoms with Gasteiger partial charge in [-0.2, -0.15) is 0 Å². The van der Waals surface area contributed by atoms with Gasteiger partial charge in [-0.3, -0.25) is 4.79 Å². The largest absolute Gasteiger partial charge is 0.493 e. The van der Waals surface area contributed by atoms with Crippen molar-refractivity contribution in [3.8, 4) is 23.8 Å². The molecule has 2 rings (SSSR count). The van der Waals surface area contributed by atoms with Crippen molar-refractivity contribution in [2.45, 2.75) is 18.9 Å². The summed E-state index contributed by atoms with van der Waals surface area (Å²) in [4.78, 5) is 14.4. The number of nitrogens with zero attached hydrogens (tertiary/aromatic N) is 1. The van der Waals surface area contributed by atoms with Crippen molar-refractivity contribution in [3.05, 3.63) is 23.8 Å². The topological polar surface area (TPSA) is 48.0 Å². The van der Waals surface area contributed by atoms with E-state index in [4.69, 9.17) is 20.6 Å². The molecule has 22 heavy (non-hydrogen) atoms. The molecule has 1 atom stereocenters. The van der Waals surface area contributed by atoms with E-state index in [0.717, 1.165) is 19.4 Å². The SMILES string of the molecule is C#CCOc1cc(C(=O)N2CCCC(OC)C2)ccc1OC. The fourth-order valence-corrected chi connectivity index (χ4v) is 2.54. The molecule has 0 bridgehead atoms. The van der Waals surface area contributed by atoms with Crippen LogP contribution in [0.15, 0.2) is 18.2 Å². The van der Waals surface area contributed by atoms with Crippen LogP contribution >= 0.6 is 0 Å². The van der Waals surface area contributed by atoms with E-state index in [1.807, 2.05) is 4.90 Å². The molecule has 0 N–H and O–H groups in total. The summed E-state index contributed by atoms with van der Waals surface area (Å²) in [6.07, 6.45) is 7.24. The number of amides is 1. The fourth-order valence-electron chi connectivity index (χ4n) is 2.54. The van der Waals surface area contributed by atoms with Crippen molar-refractivity contribution < 1.29 is 19.0 Å². The highest BCUT2D eigenvalue weighted by atomic mass is 16.5. The Morgan fingerprint density at radius 3 is 2.91 bits per heavy atom. The molecule has 5 heteroatoms. The van der Waals surface area contributed by atoms with Gasteiger partial charge in [-0.05, 0) is 31.0 Å². The van der Waals surface area contributed by atoms with Gasteiger partial charge in [0.05, 0.1) is 13.2 Å². The Bertz CT molecular complexity index is 564. The van der Waals surface area contributed by atoms with Crippen molar-refractivity contribution in [1.82, 2.24) is 4.90 Å². The van der Waals surface area contributed by atoms with Crippen LogP contribution in [0.25, 0.3) is 0 Å². The third-order valence-corrected chi connectivity index (χ3v) is 3.72. The number of hydrogen-bond acceptors (Lipinski definition) is 4. The number of ether oxygens (including phenoxy) is 3. The van der Waals surface area contributed by atoms with Crippen molar-refractivity contribution in [2.75, 3.05) is 33.9 Å². The standard InChI is InChI=1S/C17H21NO4/c1-4-10-22-16-11-13(7-8-15(16)21-3)17(19)18-9-5-6-14(12-18)20-2/h1,7-8,11,14H,5-6,9-10,12H2,2-3H3. The number of carbonyl (C=O) groups excluding carboxylic acids is 1. The Morgan fingerprint density at radius 1 is 1.41 bits per heavy atom. The highest BCUT2D eigenvalue weighted by molar-refractivity contribution is 5.95. The summed E-state index contributed by atoms with van der Waals surface area (Å²) in [6.45, 7) is 1.48. The van der Waals surface area contributed by atoms with Crippen LogP contribution < -0.4 is 9.47 Å². The van der Waals surface area contributed by atoms with Gasteiger partial charge >= 0.3 is 0 Å². The molecule has 1 fully saturated rings. The van der Waals surface area contributed by atoms with E-state index in [1.54, 1.807) is 32.4 Å². The van der Waals surface area contributed by atoms with Gasteiger partial charge in [-0.1, -0.05) is 5.92 Å². The van der Waals surface area contributed by atoms with Gasteiger partial charge in [0.1, 0.15) is 6.61 Å². The van der Waals surface area contributed by atoms with Crippen molar-refractivity contribution in [2.24, 2.45) is 0 Å². The van der Waals surface area contributed by atoms with E-state index >= 15 is 0 Å². The maximum absolute atomic E-state index is 12.6. The number of benzene rings is 1. The van der Waals surface area contributed by atoms with Gasteiger partial charge < -0.3 is 19.1 Å². The second-order valence-electron chi connectivity index (χ2n) is 5.11. The molecule has 1 heterocycles. The zero-order valence-electron chi connectivity index (χ0n) is 13.0. The number of likely N-dealkylation sites (tertiary alicyclic amines) is 1. The van der Waals surface area contributed by atoms with Crippen LogP contribution in [0.3, 0.4) is 0 Å². The number of terminal acetylenes is 1. The summed E-state index contributed by atoms with van der Waals surface area (Å²) in [7, 11) is 3.23. The first-order valence-corrected chi connectivity index (χ1v) is 7.26. The van der Waals surface area contributed by atoms with Crippen molar-refractivity contribution >= 4 is 5.91 Å². The first-order chi connectivity index (χ1) is 10.7. The Labute approximate surface area is 131 Å².